The van der Waals surface area contributed by atoms with Gasteiger partial charge in [-0.3, -0.25) is 4.90 Å². The average Bonchev–Trinajstić information content (AvgIpc) is 3.31. The van der Waals surface area contributed by atoms with Crippen LogP contribution in [-0.4, -0.2) is 58.6 Å². The van der Waals surface area contributed by atoms with Crippen LogP contribution in [0.15, 0.2) is 64.4 Å². The number of nitrogens with one attached hydrogen (secondary N) is 1. The molecule has 1 fully saturated rings. The van der Waals surface area contributed by atoms with Gasteiger partial charge in [0.1, 0.15) is 17.8 Å². The van der Waals surface area contributed by atoms with Gasteiger partial charge < -0.3 is 19.5 Å². The second-order valence-electron chi connectivity index (χ2n) is 7.45. The Morgan fingerprint density at radius 2 is 2.06 bits per heavy atom. The largest absolute Gasteiger partial charge is 0.439 e. The minimum absolute atomic E-state index is 0.352. The lowest BCUT2D eigenvalue weighted by Crippen LogP contribution is -2.52. The van der Waals surface area contributed by atoms with E-state index in [9.17, 15) is 4.39 Å². The Hall–Kier alpha value is -3.46. The minimum Gasteiger partial charge on any atom is -0.439 e. The van der Waals surface area contributed by atoms with Crippen molar-refractivity contribution < 1.29 is 13.7 Å². The number of benzene rings is 1. The second-order valence-corrected chi connectivity index (χ2v) is 7.45. The number of nitrogens with zero attached hydrogens (tertiary/aromatic N) is 5. The summed E-state index contributed by atoms with van der Waals surface area (Å²) in [6, 6.07) is 11.7. The maximum absolute atomic E-state index is 13.5. The molecule has 0 spiro atoms. The molecule has 8 nitrogen and oxygen atoms in total. The summed E-state index contributed by atoms with van der Waals surface area (Å²) < 4.78 is 24.2. The summed E-state index contributed by atoms with van der Waals surface area (Å²) in [5.41, 5.74) is 1.78. The van der Waals surface area contributed by atoms with Gasteiger partial charge in [0.25, 0.3) is 0 Å². The molecule has 0 amide bonds. The fourth-order valence-corrected chi connectivity index (χ4v) is 3.53. The molecule has 3 heterocycles. The molecule has 0 atom stereocenters. The normalized spacial score (nSPS) is 15.1. The van der Waals surface area contributed by atoms with Crippen molar-refractivity contribution in [2.75, 3.05) is 32.7 Å². The fraction of sp³-hybridized carbons (Fsp3) is 0.348. The number of hydrogen-bond donors (Lipinski definition) is 1. The van der Waals surface area contributed by atoms with Crippen LogP contribution < -0.4 is 10.1 Å². The number of pyridine rings is 1. The molecule has 0 bridgehead atoms. The lowest BCUT2D eigenvalue weighted by Gasteiger charge is -2.36. The molecular weight excluding hydrogens is 411 g/mol. The number of aromatic nitrogens is 2. The number of ether oxygens (including phenoxy) is 1. The SMILES string of the molecule is CCNC(=NCc1cccnc1Oc1cccc(F)c1)N1CCN(Cc2ccon2)CC1. The second kappa shape index (κ2) is 10.7. The molecule has 1 aromatic carbocycles. The summed E-state index contributed by atoms with van der Waals surface area (Å²) >= 11 is 0. The maximum Gasteiger partial charge on any atom is 0.224 e. The van der Waals surface area contributed by atoms with Gasteiger partial charge in [-0.1, -0.05) is 17.3 Å². The highest BCUT2D eigenvalue weighted by molar-refractivity contribution is 5.80. The third kappa shape index (κ3) is 5.82. The van der Waals surface area contributed by atoms with Gasteiger partial charge in [-0.2, -0.15) is 0 Å². The Morgan fingerprint density at radius 1 is 1.19 bits per heavy atom. The summed E-state index contributed by atoms with van der Waals surface area (Å²) in [6.07, 6.45) is 3.26. The van der Waals surface area contributed by atoms with Crippen LogP contribution in [0.4, 0.5) is 4.39 Å². The molecule has 3 aromatic rings. The van der Waals surface area contributed by atoms with E-state index in [1.165, 1.54) is 12.1 Å². The molecule has 32 heavy (non-hydrogen) atoms. The van der Waals surface area contributed by atoms with Crippen molar-refractivity contribution in [3.05, 3.63) is 72.0 Å². The van der Waals surface area contributed by atoms with E-state index in [1.54, 1.807) is 24.6 Å². The van der Waals surface area contributed by atoms with E-state index >= 15 is 0 Å². The number of guanidine groups is 1. The first-order valence-corrected chi connectivity index (χ1v) is 10.7. The third-order valence-corrected chi connectivity index (χ3v) is 5.14. The number of piperazine rings is 1. The van der Waals surface area contributed by atoms with Crippen molar-refractivity contribution in [3.63, 3.8) is 0 Å². The molecule has 0 aliphatic carbocycles. The molecule has 0 unspecified atom stereocenters. The first kappa shape index (κ1) is 21.8. The molecular formula is C23H27FN6O2. The smallest absolute Gasteiger partial charge is 0.224 e. The van der Waals surface area contributed by atoms with Crippen LogP contribution in [0.2, 0.25) is 0 Å². The van der Waals surface area contributed by atoms with E-state index < -0.39 is 0 Å². The summed E-state index contributed by atoms with van der Waals surface area (Å²) in [7, 11) is 0. The number of halogens is 1. The van der Waals surface area contributed by atoms with E-state index in [-0.39, 0.29) is 5.82 Å². The zero-order chi connectivity index (χ0) is 22.2. The maximum atomic E-state index is 13.5. The molecule has 0 saturated carbocycles. The van der Waals surface area contributed by atoms with Crippen molar-refractivity contribution in [2.24, 2.45) is 4.99 Å². The predicted molar refractivity (Wildman–Crippen MR) is 119 cm³/mol. The lowest BCUT2D eigenvalue weighted by molar-refractivity contribution is 0.169. The Kier molecular flexibility index (Phi) is 7.29. The molecule has 0 radical (unpaired) electrons. The third-order valence-electron chi connectivity index (χ3n) is 5.14. The van der Waals surface area contributed by atoms with Crippen LogP contribution in [0.1, 0.15) is 18.2 Å². The van der Waals surface area contributed by atoms with Crippen LogP contribution in [0.5, 0.6) is 11.6 Å². The van der Waals surface area contributed by atoms with Crippen LogP contribution in [-0.2, 0) is 13.1 Å². The van der Waals surface area contributed by atoms with Gasteiger partial charge in [-0.05, 0) is 25.1 Å². The van der Waals surface area contributed by atoms with E-state index in [2.05, 4.69) is 32.2 Å². The molecule has 1 N–H and O–H groups in total. The standard InChI is InChI=1S/C23H27FN6O2/c1-2-25-23(30-12-10-29(11-13-30)17-20-8-14-31-28-20)27-16-18-5-4-9-26-22(18)32-21-7-3-6-19(24)15-21/h3-9,14-15H,2,10-13,16-17H2,1H3,(H,25,27). The van der Waals surface area contributed by atoms with Crippen LogP contribution >= 0.6 is 0 Å². The first-order chi connectivity index (χ1) is 15.7. The highest BCUT2D eigenvalue weighted by Gasteiger charge is 2.20. The predicted octanol–water partition coefficient (Wildman–Crippen LogP) is 3.28. The Morgan fingerprint density at radius 3 is 2.81 bits per heavy atom. The van der Waals surface area contributed by atoms with Gasteiger partial charge in [-0.25, -0.2) is 14.4 Å². The molecule has 168 valence electrons. The van der Waals surface area contributed by atoms with E-state index in [0.717, 1.165) is 56.5 Å². The first-order valence-electron chi connectivity index (χ1n) is 10.7. The van der Waals surface area contributed by atoms with E-state index in [1.807, 2.05) is 18.2 Å². The summed E-state index contributed by atoms with van der Waals surface area (Å²) in [6.45, 7) is 7.58. The van der Waals surface area contributed by atoms with Crippen molar-refractivity contribution >= 4 is 5.96 Å². The van der Waals surface area contributed by atoms with Crippen molar-refractivity contribution in [1.29, 1.82) is 0 Å². The monoisotopic (exact) mass is 438 g/mol. The van der Waals surface area contributed by atoms with Crippen molar-refractivity contribution in [1.82, 2.24) is 25.3 Å². The van der Waals surface area contributed by atoms with Crippen molar-refractivity contribution in [2.45, 2.75) is 20.0 Å². The minimum atomic E-state index is -0.352. The van der Waals surface area contributed by atoms with Gasteiger partial charge in [-0.15, -0.1) is 0 Å². The fourth-order valence-electron chi connectivity index (χ4n) is 3.53. The average molecular weight is 439 g/mol. The Labute approximate surface area is 186 Å². The molecule has 4 rings (SSSR count). The van der Waals surface area contributed by atoms with Crippen LogP contribution in [0, 0.1) is 5.82 Å². The van der Waals surface area contributed by atoms with Gasteiger partial charge in [0.15, 0.2) is 5.96 Å². The lowest BCUT2D eigenvalue weighted by atomic mass is 10.2. The number of aliphatic imine (C=N–C) groups is 1. The molecule has 9 heteroatoms. The summed E-state index contributed by atoms with van der Waals surface area (Å²) in [4.78, 5) is 13.7. The zero-order valence-electron chi connectivity index (χ0n) is 18.1. The number of hydrogen-bond acceptors (Lipinski definition) is 6. The summed E-state index contributed by atoms with van der Waals surface area (Å²) in [5.74, 6) is 1.34. The van der Waals surface area contributed by atoms with E-state index in [4.69, 9.17) is 14.3 Å². The summed E-state index contributed by atoms with van der Waals surface area (Å²) in [5, 5.41) is 7.37. The Bertz CT molecular complexity index is 1020. The van der Waals surface area contributed by atoms with Gasteiger partial charge in [0, 0.05) is 63.2 Å². The molecule has 1 aliphatic heterocycles. The van der Waals surface area contributed by atoms with Crippen molar-refractivity contribution in [3.8, 4) is 11.6 Å². The molecule has 2 aromatic heterocycles. The molecule has 1 saturated heterocycles. The highest BCUT2D eigenvalue weighted by atomic mass is 19.1. The Balaban J connectivity index is 1.40. The number of rotatable bonds is 7. The van der Waals surface area contributed by atoms with Crippen LogP contribution in [0.3, 0.4) is 0 Å². The van der Waals surface area contributed by atoms with Gasteiger partial charge in [0.2, 0.25) is 5.88 Å². The van der Waals surface area contributed by atoms with Crippen LogP contribution in [0.25, 0.3) is 0 Å². The topological polar surface area (TPSA) is 79.0 Å². The molecule has 1 aliphatic rings. The quantitative estimate of drug-likeness (QED) is 0.448. The highest BCUT2D eigenvalue weighted by Crippen LogP contribution is 2.24. The zero-order valence-corrected chi connectivity index (χ0v) is 18.1. The van der Waals surface area contributed by atoms with Gasteiger partial charge in [0.05, 0.1) is 12.2 Å². The van der Waals surface area contributed by atoms with E-state index in [0.29, 0.717) is 18.2 Å². The van der Waals surface area contributed by atoms with Gasteiger partial charge >= 0.3 is 0 Å².